The van der Waals surface area contributed by atoms with Gasteiger partial charge in [-0.3, -0.25) is 0 Å². The summed E-state index contributed by atoms with van der Waals surface area (Å²) in [7, 11) is 0. The zero-order valence-electron chi connectivity index (χ0n) is 3.19. The Kier molecular flexibility index (Phi) is 3.63. The lowest BCUT2D eigenvalue weighted by molar-refractivity contribution is 0.981. The van der Waals surface area contributed by atoms with Gasteiger partial charge in [0, 0.05) is 0 Å². The second-order valence-electron chi connectivity index (χ2n) is 0.774. The zero-order valence-corrected chi connectivity index (χ0v) is 4.71. The molecule has 0 atom stereocenters. The van der Waals surface area contributed by atoms with Crippen LogP contribution >= 0.6 is 23.6 Å². The molecule has 0 aromatic carbocycles. The van der Waals surface area contributed by atoms with E-state index in [4.69, 9.17) is 23.6 Å². The van der Waals surface area contributed by atoms with Gasteiger partial charge in [0.05, 0.1) is 3.94 Å². The number of rotatable bonds is 2. The van der Waals surface area contributed by atoms with Crippen LogP contribution in [0.2, 0.25) is 0 Å². The Balaban J connectivity index is 2.81. The number of halogens is 2. The highest BCUT2D eigenvalue weighted by Gasteiger charge is 2.00. The normalized spacial score (nSPS) is 9.17. The van der Waals surface area contributed by atoms with Gasteiger partial charge in [-0.1, -0.05) is 6.58 Å². The molecule has 0 heterocycles. The highest BCUT2D eigenvalue weighted by Crippen LogP contribution is 1.90. The molecular weight excluding hydrogens is 121 g/mol. The van der Waals surface area contributed by atoms with Gasteiger partial charge in [-0.25, -0.2) is 0 Å². The largest absolute Gasteiger partial charge is 0.250 e. The van der Waals surface area contributed by atoms with Crippen LogP contribution < -0.4 is 3.94 Å². The fourth-order valence-corrected chi connectivity index (χ4v) is 0.293. The molecule has 0 saturated carbocycles. The molecule has 0 aromatic heterocycles. The van der Waals surface area contributed by atoms with Crippen LogP contribution in [0, 0.1) is 0 Å². The molecule has 0 N–H and O–H groups in total. The molecule has 35 valence electrons. The van der Waals surface area contributed by atoms with E-state index in [9.17, 15) is 0 Å². The molecule has 0 rings (SSSR count). The summed E-state index contributed by atoms with van der Waals surface area (Å²) in [5.74, 6) is 0. The van der Waals surface area contributed by atoms with Gasteiger partial charge in [-0.05, 0) is 6.08 Å². The van der Waals surface area contributed by atoms with Crippen LogP contribution in [-0.2, 0) is 0 Å². The summed E-state index contributed by atoms with van der Waals surface area (Å²) in [4.78, 5) is 0. The van der Waals surface area contributed by atoms with Crippen molar-refractivity contribution < 1.29 is 0 Å². The molecule has 0 bridgehead atoms. The first kappa shape index (κ1) is 6.28. The molecule has 0 spiro atoms. The van der Waals surface area contributed by atoms with E-state index in [1.54, 1.807) is 6.08 Å². The van der Waals surface area contributed by atoms with E-state index in [1.807, 2.05) is 0 Å². The third kappa shape index (κ3) is 4.28. The van der Waals surface area contributed by atoms with E-state index in [1.165, 1.54) is 0 Å². The smallest absolute Gasteiger partial charge is 0.0972 e. The average molecular weight is 126 g/mol. The predicted octanol–water partition coefficient (Wildman–Crippen LogP) is 1.62. The van der Waals surface area contributed by atoms with Gasteiger partial charge in [-0.2, -0.15) is 0 Å². The molecule has 0 unspecified atom stereocenters. The van der Waals surface area contributed by atoms with Crippen molar-refractivity contribution >= 4 is 23.6 Å². The standard InChI is InChI=1S/C3H5Cl2N/c1-2-3-6(4)5/h2H,1,3H2/q+1. The Morgan fingerprint density at radius 3 is 2.17 bits per heavy atom. The maximum absolute atomic E-state index is 5.11. The molecule has 0 aliphatic carbocycles. The van der Waals surface area contributed by atoms with Crippen LogP contribution in [0.4, 0.5) is 0 Å². The molecule has 0 saturated heterocycles. The second-order valence-corrected chi connectivity index (χ2v) is 1.76. The van der Waals surface area contributed by atoms with Crippen LogP contribution in [0.3, 0.4) is 0 Å². The van der Waals surface area contributed by atoms with Crippen molar-refractivity contribution in [2.75, 3.05) is 6.54 Å². The summed E-state index contributed by atoms with van der Waals surface area (Å²) < 4.78 is 1.01. The van der Waals surface area contributed by atoms with Crippen molar-refractivity contribution in [1.29, 1.82) is 0 Å². The van der Waals surface area contributed by atoms with Crippen LogP contribution in [0.15, 0.2) is 12.7 Å². The van der Waals surface area contributed by atoms with Gasteiger partial charge in [-0.15, -0.1) is 0 Å². The monoisotopic (exact) mass is 125 g/mol. The minimum atomic E-state index is 0.503. The summed E-state index contributed by atoms with van der Waals surface area (Å²) in [6.45, 7) is 3.89. The molecule has 0 aromatic rings. The van der Waals surface area contributed by atoms with Gasteiger partial charge in [0.1, 0.15) is 0 Å². The Labute approximate surface area is 47.4 Å². The maximum atomic E-state index is 5.11. The Morgan fingerprint density at radius 2 is 2.17 bits per heavy atom. The minimum absolute atomic E-state index is 0.503. The second kappa shape index (κ2) is 3.47. The first-order chi connectivity index (χ1) is 2.77. The van der Waals surface area contributed by atoms with E-state index < -0.39 is 0 Å². The van der Waals surface area contributed by atoms with E-state index >= 15 is 0 Å². The fraction of sp³-hybridized carbons (Fsp3) is 0.333. The van der Waals surface area contributed by atoms with Crippen molar-refractivity contribution in [2.45, 2.75) is 0 Å². The topological polar surface area (TPSA) is 5.90 Å². The number of hydrogen-bond donors (Lipinski definition) is 0. The molecular formula is C3H5Cl2N+. The first-order valence-corrected chi connectivity index (χ1v) is 2.15. The molecule has 0 aliphatic heterocycles. The predicted molar refractivity (Wildman–Crippen MR) is 28.9 cm³/mol. The Hall–Kier alpha value is 0.280. The third-order valence-corrected chi connectivity index (χ3v) is 0.543. The minimum Gasteiger partial charge on any atom is -0.0972 e. The van der Waals surface area contributed by atoms with E-state index in [0.717, 1.165) is 3.94 Å². The van der Waals surface area contributed by atoms with E-state index in [2.05, 4.69) is 6.58 Å². The van der Waals surface area contributed by atoms with Crippen molar-refractivity contribution in [3.8, 4) is 0 Å². The van der Waals surface area contributed by atoms with Gasteiger partial charge < -0.3 is 0 Å². The quantitative estimate of drug-likeness (QED) is 0.391. The van der Waals surface area contributed by atoms with Gasteiger partial charge >= 0.3 is 0 Å². The summed E-state index contributed by atoms with van der Waals surface area (Å²) in [5, 5.41) is 0. The maximum Gasteiger partial charge on any atom is 0.250 e. The van der Waals surface area contributed by atoms with Gasteiger partial charge in [0.25, 0.3) is 0 Å². The van der Waals surface area contributed by atoms with E-state index in [0.29, 0.717) is 6.54 Å². The summed E-state index contributed by atoms with van der Waals surface area (Å²) in [6.07, 6.45) is 1.61. The van der Waals surface area contributed by atoms with Crippen molar-refractivity contribution in [3.05, 3.63) is 12.7 Å². The van der Waals surface area contributed by atoms with Crippen LogP contribution in [0.1, 0.15) is 0 Å². The highest BCUT2D eigenvalue weighted by molar-refractivity contribution is 6.36. The summed E-state index contributed by atoms with van der Waals surface area (Å²) in [6, 6.07) is 0. The molecule has 1 radical (unpaired) electrons. The molecule has 1 nitrogen and oxygen atoms in total. The van der Waals surface area contributed by atoms with Gasteiger partial charge in [0.15, 0.2) is 6.54 Å². The lowest BCUT2D eigenvalue weighted by Crippen LogP contribution is -2.00. The first-order valence-electron chi connectivity index (χ1n) is 1.47. The van der Waals surface area contributed by atoms with Gasteiger partial charge in [0.2, 0.25) is 23.6 Å². The fourth-order valence-electron chi connectivity index (χ4n) is 0.0976. The zero-order chi connectivity index (χ0) is 4.99. The summed E-state index contributed by atoms with van der Waals surface area (Å²) >= 11 is 10.2. The molecule has 3 heteroatoms. The summed E-state index contributed by atoms with van der Waals surface area (Å²) in [5.41, 5.74) is 0. The Morgan fingerprint density at radius 1 is 1.67 bits per heavy atom. The molecule has 0 amide bonds. The lowest BCUT2D eigenvalue weighted by atomic mass is 10.7. The van der Waals surface area contributed by atoms with Crippen LogP contribution in [-0.4, -0.2) is 6.54 Å². The Bertz CT molecular complexity index is 44.1. The lowest BCUT2D eigenvalue weighted by Gasteiger charge is -1.75. The van der Waals surface area contributed by atoms with Crippen molar-refractivity contribution in [1.82, 2.24) is 3.94 Å². The van der Waals surface area contributed by atoms with E-state index in [-0.39, 0.29) is 0 Å². The SMILES string of the molecule is C=CC[N+](Cl)Cl. The molecule has 6 heavy (non-hydrogen) atoms. The molecule has 0 fully saturated rings. The van der Waals surface area contributed by atoms with Crippen LogP contribution in [0.25, 0.3) is 0 Å². The van der Waals surface area contributed by atoms with Crippen LogP contribution in [0.5, 0.6) is 0 Å². The third-order valence-electron chi connectivity index (χ3n) is 0.267. The van der Waals surface area contributed by atoms with Crippen molar-refractivity contribution in [2.24, 2.45) is 0 Å². The highest BCUT2D eigenvalue weighted by atomic mass is 35.5. The van der Waals surface area contributed by atoms with Crippen molar-refractivity contribution in [3.63, 3.8) is 0 Å². The number of hydrogen-bond acceptors (Lipinski definition) is 1. The average Bonchev–Trinajstić information content (AvgIpc) is 1.35. The molecule has 0 aliphatic rings. The number of nitrogens with zero attached hydrogens (tertiary/aromatic N) is 1.